The van der Waals surface area contributed by atoms with Crippen molar-refractivity contribution in [2.45, 2.75) is 31.5 Å². The van der Waals surface area contributed by atoms with Crippen LogP contribution in [-0.2, 0) is 12.7 Å². The van der Waals surface area contributed by atoms with Crippen molar-refractivity contribution in [3.8, 4) is 0 Å². The molecule has 1 amide bonds. The number of rotatable bonds is 4. The smallest absolute Gasteiger partial charge is 0.335 e. The lowest BCUT2D eigenvalue weighted by Crippen LogP contribution is -2.48. The molecule has 0 bridgehead atoms. The minimum absolute atomic E-state index is 0.0288. The molecule has 5 rings (SSSR count). The Morgan fingerprint density at radius 2 is 1.76 bits per heavy atom. The Hall–Kier alpha value is -2.36. The lowest BCUT2D eigenvalue weighted by Gasteiger charge is -2.34. The first-order valence-electron chi connectivity index (χ1n) is 10.6. The first-order valence-corrected chi connectivity index (χ1v) is 11.4. The predicted molar refractivity (Wildman–Crippen MR) is 118 cm³/mol. The molecule has 0 unspecified atom stereocenters. The molecule has 6 nitrogen and oxygen atoms in total. The van der Waals surface area contributed by atoms with Crippen LogP contribution in [0.25, 0.3) is 5.65 Å². The van der Waals surface area contributed by atoms with Gasteiger partial charge in [0.1, 0.15) is 5.69 Å². The highest BCUT2D eigenvalue weighted by Gasteiger charge is 2.38. The van der Waals surface area contributed by atoms with Crippen LogP contribution in [0.3, 0.4) is 0 Å². The quantitative estimate of drug-likeness (QED) is 0.514. The van der Waals surface area contributed by atoms with Crippen LogP contribution in [0.4, 0.5) is 13.2 Å². The summed E-state index contributed by atoms with van der Waals surface area (Å²) in [5, 5.41) is 4.97. The number of nitrogens with zero attached hydrogens (tertiary/aromatic N) is 5. The highest BCUT2D eigenvalue weighted by Crippen LogP contribution is 2.41. The molecule has 11 heteroatoms. The van der Waals surface area contributed by atoms with E-state index in [9.17, 15) is 18.0 Å². The van der Waals surface area contributed by atoms with E-state index in [1.165, 1.54) is 6.07 Å². The summed E-state index contributed by atoms with van der Waals surface area (Å²) in [6, 6.07) is 7.88. The molecule has 0 spiro atoms. The van der Waals surface area contributed by atoms with Gasteiger partial charge >= 0.3 is 6.18 Å². The molecule has 1 aromatic carbocycles. The van der Waals surface area contributed by atoms with Crippen LogP contribution in [-0.4, -0.2) is 56.5 Å². The minimum atomic E-state index is -4.59. The monoisotopic (exact) mass is 497 g/mol. The largest absolute Gasteiger partial charge is 0.433 e. The molecule has 1 aliphatic carbocycles. The zero-order chi connectivity index (χ0) is 23.3. The normalized spacial score (nSPS) is 17.7. The molecule has 33 heavy (non-hydrogen) atoms. The fourth-order valence-electron chi connectivity index (χ4n) is 4.06. The second kappa shape index (κ2) is 8.45. The highest BCUT2D eigenvalue weighted by molar-refractivity contribution is 6.42. The van der Waals surface area contributed by atoms with Crippen molar-refractivity contribution in [2.24, 2.45) is 0 Å². The number of aromatic nitrogens is 3. The van der Waals surface area contributed by atoms with Crippen LogP contribution in [0.1, 0.15) is 46.2 Å². The van der Waals surface area contributed by atoms with E-state index in [1.807, 2.05) is 12.1 Å². The molecule has 2 aromatic heterocycles. The number of piperazine rings is 1. The standard InChI is InChI=1S/C22H20Cl2F3N5O/c23-15-4-1-13(9-16(15)24)12-30-5-7-31(8-6-30)21(33)18-11-20-28-17(14-2-3-14)10-19(22(25,26)27)32(20)29-18/h1,4,9-11,14H,2-3,5-8,12H2. The predicted octanol–water partition coefficient (Wildman–Crippen LogP) is 4.89. The summed E-state index contributed by atoms with van der Waals surface area (Å²) >= 11 is 12.0. The number of carbonyl (C=O) groups excluding carboxylic acids is 1. The van der Waals surface area contributed by atoms with Crippen LogP contribution in [0.2, 0.25) is 10.0 Å². The fraction of sp³-hybridized carbons (Fsp3) is 0.409. The van der Waals surface area contributed by atoms with Gasteiger partial charge in [-0.15, -0.1) is 0 Å². The molecule has 0 N–H and O–H groups in total. The Kier molecular flexibility index (Phi) is 5.74. The molecule has 2 aliphatic rings. The molecule has 0 radical (unpaired) electrons. The number of amides is 1. The molecule has 3 heterocycles. The van der Waals surface area contributed by atoms with Gasteiger partial charge in [-0.3, -0.25) is 9.69 Å². The first-order chi connectivity index (χ1) is 15.7. The Balaban J connectivity index is 1.30. The molecule has 1 saturated carbocycles. The van der Waals surface area contributed by atoms with Crippen molar-refractivity contribution in [1.29, 1.82) is 0 Å². The Morgan fingerprint density at radius 3 is 2.39 bits per heavy atom. The van der Waals surface area contributed by atoms with E-state index in [1.54, 1.807) is 11.0 Å². The summed E-state index contributed by atoms with van der Waals surface area (Å²) in [4.78, 5) is 21.1. The van der Waals surface area contributed by atoms with Crippen LogP contribution in [0, 0.1) is 0 Å². The third kappa shape index (κ3) is 4.67. The van der Waals surface area contributed by atoms with Crippen LogP contribution in [0.15, 0.2) is 30.3 Å². The molecule has 1 saturated heterocycles. The van der Waals surface area contributed by atoms with E-state index in [0.29, 0.717) is 48.5 Å². The van der Waals surface area contributed by atoms with Gasteiger partial charge in [0.05, 0.1) is 10.0 Å². The summed E-state index contributed by atoms with van der Waals surface area (Å²) in [6.07, 6.45) is -2.94. The Labute approximate surface area is 197 Å². The molecule has 0 atom stereocenters. The average Bonchev–Trinajstić information content (AvgIpc) is 3.53. The lowest BCUT2D eigenvalue weighted by molar-refractivity contribution is -0.142. The van der Waals surface area contributed by atoms with Gasteiger partial charge < -0.3 is 4.90 Å². The number of carbonyl (C=O) groups is 1. The second-order valence-corrected chi connectivity index (χ2v) is 9.27. The summed E-state index contributed by atoms with van der Waals surface area (Å²) in [7, 11) is 0. The third-order valence-corrected chi connectivity index (χ3v) is 6.74. The van der Waals surface area contributed by atoms with E-state index < -0.39 is 17.8 Å². The van der Waals surface area contributed by atoms with Gasteiger partial charge in [-0.1, -0.05) is 29.3 Å². The number of benzene rings is 1. The van der Waals surface area contributed by atoms with Crippen molar-refractivity contribution >= 4 is 34.8 Å². The van der Waals surface area contributed by atoms with Gasteiger partial charge in [0.25, 0.3) is 5.91 Å². The van der Waals surface area contributed by atoms with E-state index >= 15 is 0 Å². The van der Waals surface area contributed by atoms with E-state index in [0.717, 1.165) is 29.0 Å². The van der Waals surface area contributed by atoms with E-state index in [2.05, 4.69) is 15.0 Å². The van der Waals surface area contributed by atoms with Gasteiger partial charge in [0, 0.05) is 50.4 Å². The number of halogens is 5. The van der Waals surface area contributed by atoms with E-state index in [4.69, 9.17) is 23.2 Å². The maximum absolute atomic E-state index is 13.6. The minimum Gasteiger partial charge on any atom is -0.335 e. The summed E-state index contributed by atoms with van der Waals surface area (Å²) in [5.74, 6) is -0.343. The fourth-order valence-corrected chi connectivity index (χ4v) is 4.38. The highest BCUT2D eigenvalue weighted by atomic mass is 35.5. The van der Waals surface area contributed by atoms with Gasteiger partial charge in [-0.05, 0) is 36.6 Å². The summed E-state index contributed by atoms with van der Waals surface area (Å²) in [6.45, 7) is 2.80. The second-order valence-electron chi connectivity index (χ2n) is 8.45. The third-order valence-electron chi connectivity index (χ3n) is 6.00. The number of fused-ring (bicyclic) bond motifs is 1. The topological polar surface area (TPSA) is 53.7 Å². The summed E-state index contributed by atoms with van der Waals surface area (Å²) < 4.78 is 41.6. The first kappa shape index (κ1) is 22.4. The van der Waals surface area contributed by atoms with Crippen LogP contribution < -0.4 is 0 Å². The van der Waals surface area contributed by atoms with Gasteiger partial charge in [-0.2, -0.15) is 18.3 Å². The molecular formula is C22H20Cl2F3N5O. The van der Waals surface area contributed by atoms with Crippen molar-refractivity contribution in [3.05, 3.63) is 63.0 Å². The zero-order valence-corrected chi connectivity index (χ0v) is 19.0. The Bertz CT molecular complexity index is 1220. The van der Waals surface area contributed by atoms with Crippen molar-refractivity contribution in [1.82, 2.24) is 24.4 Å². The van der Waals surface area contributed by atoms with Crippen molar-refractivity contribution in [3.63, 3.8) is 0 Å². The molecular weight excluding hydrogens is 478 g/mol. The number of hydrogen-bond donors (Lipinski definition) is 0. The van der Waals surface area contributed by atoms with Gasteiger partial charge in [0.15, 0.2) is 11.3 Å². The van der Waals surface area contributed by atoms with Crippen LogP contribution >= 0.6 is 23.2 Å². The van der Waals surface area contributed by atoms with Crippen molar-refractivity contribution in [2.75, 3.05) is 26.2 Å². The SMILES string of the molecule is O=C(c1cc2nc(C3CC3)cc(C(F)(F)F)n2n1)N1CCN(Cc2ccc(Cl)c(Cl)c2)CC1. The Morgan fingerprint density at radius 1 is 1.03 bits per heavy atom. The van der Waals surface area contributed by atoms with Gasteiger partial charge in [-0.25, -0.2) is 9.50 Å². The zero-order valence-electron chi connectivity index (χ0n) is 17.4. The molecule has 3 aromatic rings. The molecule has 174 valence electrons. The van der Waals surface area contributed by atoms with Crippen LogP contribution in [0.5, 0.6) is 0 Å². The number of hydrogen-bond acceptors (Lipinski definition) is 4. The molecule has 2 fully saturated rings. The van der Waals surface area contributed by atoms with E-state index in [-0.39, 0.29) is 17.3 Å². The maximum Gasteiger partial charge on any atom is 0.433 e. The van der Waals surface area contributed by atoms with Crippen molar-refractivity contribution < 1.29 is 18.0 Å². The number of alkyl halides is 3. The molecule has 1 aliphatic heterocycles. The average molecular weight is 498 g/mol. The maximum atomic E-state index is 13.6. The van der Waals surface area contributed by atoms with Gasteiger partial charge in [0.2, 0.25) is 0 Å². The lowest BCUT2D eigenvalue weighted by atomic mass is 10.2. The summed E-state index contributed by atoms with van der Waals surface area (Å²) in [5.41, 5.74) is 0.540.